The number of carbonyl (C=O) groups excluding carboxylic acids is 4. The fraction of sp³-hybridized carbons (Fsp3) is 0.500. The van der Waals surface area contributed by atoms with E-state index in [0.717, 1.165) is 0 Å². The van der Waals surface area contributed by atoms with Crippen molar-refractivity contribution in [3.05, 3.63) is 35.5 Å². The van der Waals surface area contributed by atoms with Gasteiger partial charge in [0.15, 0.2) is 17.3 Å². The predicted octanol–water partition coefficient (Wildman–Crippen LogP) is -0.663. The van der Waals surface area contributed by atoms with Gasteiger partial charge in [0.1, 0.15) is 0 Å². The molecule has 1 aromatic rings. The van der Waals surface area contributed by atoms with Crippen LogP contribution in [0.25, 0.3) is 0 Å². The van der Waals surface area contributed by atoms with Gasteiger partial charge >= 0.3 is 63.3 Å². The van der Waals surface area contributed by atoms with Crippen LogP contribution in [0.4, 0.5) is 0 Å². The van der Waals surface area contributed by atoms with Gasteiger partial charge in [0, 0.05) is 5.70 Å². The van der Waals surface area contributed by atoms with Crippen molar-refractivity contribution < 1.29 is 85.1 Å². The molecule has 1 rings (SSSR count). The number of ether oxygens (including phenoxy) is 2. The van der Waals surface area contributed by atoms with Crippen LogP contribution in [-0.2, 0) is 25.6 Å². The Balaban J connectivity index is 0.0000102. The van der Waals surface area contributed by atoms with E-state index in [-0.39, 0.29) is 75.1 Å². The second kappa shape index (κ2) is 12.8. The molecule has 1 atom stereocenters. The molecule has 0 saturated heterocycles. The van der Waals surface area contributed by atoms with E-state index in [1.165, 1.54) is 25.1 Å². The minimum absolute atomic E-state index is 0. The van der Waals surface area contributed by atoms with E-state index in [1.807, 2.05) is 0 Å². The molecule has 1 aromatic carbocycles. The first kappa shape index (κ1) is 31.5. The van der Waals surface area contributed by atoms with E-state index in [0.29, 0.717) is 11.3 Å². The first-order valence-electron chi connectivity index (χ1n) is 10.2. The number of hydrogen-bond donors (Lipinski definition) is 1. The molecular weight excluding hydrogens is 453 g/mol. The molecule has 0 saturated carbocycles. The molecule has 33 heavy (non-hydrogen) atoms. The van der Waals surface area contributed by atoms with Gasteiger partial charge in [0.05, 0.1) is 22.8 Å². The van der Waals surface area contributed by atoms with Gasteiger partial charge in [0.25, 0.3) is 0 Å². The maximum atomic E-state index is 12.4. The van der Waals surface area contributed by atoms with Gasteiger partial charge < -0.3 is 24.7 Å². The molecule has 0 bridgehead atoms. The quantitative estimate of drug-likeness (QED) is 0.223. The number of nitrogens with one attached hydrogen (secondary N) is 1. The molecule has 176 valence electrons. The fourth-order valence-electron chi connectivity index (χ4n) is 2.40. The maximum absolute atomic E-state index is 12.4. The van der Waals surface area contributed by atoms with Crippen LogP contribution >= 0.6 is 0 Å². The third kappa shape index (κ3) is 11.0. The van der Waals surface area contributed by atoms with E-state index >= 15 is 0 Å². The average molecular weight is 486 g/mol. The number of aliphatic carboxylic acids is 1. The van der Waals surface area contributed by atoms with Gasteiger partial charge in [-0.15, -0.1) is 0 Å². The summed E-state index contributed by atoms with van der Waals surface area (Å²) in [5, 5.41) is 14.3. The Morgan fingerprint density at radius 2 is 1.42 bits per heavy atom. The molecule has 0 radical (unpaired) electrons. The zero-order chi connectivity index (χ0) is 24.9. The normalized spacial score (nSPS) is 12.8. The standard InChI is InChI=1S/C24H33NO7.K/c1-14(11-15(2)26)25-17(20(27)28)12-16-9-10-18(31-21(29)23(3,4)5)19(13-16)32-22(30)24(6,7)8;/h9-11,13,17,25H,12H2,1-8H3,(H,27,28);/q;+1/p-1/t17-;/m0./s1. The molecule has 9 heteroatoms. The van der Waals surface area contributed by atoms with Crippen molar-refractivity contribution in [2.24, 2.45) is 10.8 Å². The van der Waals surface area contributed by atoms with Crippen LogP contribution in [-0.4, -0.2) is 29.7 Å². The van der Waals surface area contributed by atoms with Gasteiger partial charge in [-0.2, -0.15) is 0 Å². The largest absolute Gasteiger partial charge is 1.00 e. The van der Waals surface area contributed by atoms with Crippen molar-refractivity contribution in [1.82, 2.24) is 5.32 Å². The SMILES string of the molecule is CC(=O)C=C(C)N[C@@H](Cc1ccc(OC(=O)C(C)(C)C)c(OC(=O)C(C)(C)C)c1)C(=O)[O-].[K+]. The summed E-state index contributed by atoms with van der Waals surface area (Å²) in [5.74, 6) is -2.59. The van der Waals surface area contributed by atoms with Crippen molar-refractivity contribution in [2.45, 2.75) is 67.9 Å². The Morgan fingerprint density at radius 1 is 0.939 bits per heavy atom. The minimum Gasteiger partial charge on any atom is -0.548 e. The van der Waals surface area contributed by atoms with E-state index in [4.69, 9.17) is 9.47 Å². The van der Waals surface area contributed by atoms with Crippen LogP contribution in [0.2, 0.25) is 0 Å². The average Bonchev–Trinajstić information content (AvgIpc) is 2.60. The van der Waals surface area contributed by atoms with Crippen LogP contribution < -0.4 is 71.3 Å². The predicted molar refractivity (Wildman–Crippen MR) is 117 cm³/mol. The Hall–Kier alpha value is -1.52. The number of carboxylic acid groups (broad SMARTS) is 1. The number of carboxylic acids is 1. The second-order valence-corrected chi connectivity index (χ2v) is 9.72. The summed E-state index contributed by atoms with van der Waals surface area (Å²) in [6.45, 7) is 13.0. The fourth-order valence-corrected chi connectivity index (χ4v) is 2.40. The molecule has 0 fully saturated rings. The number of benzene rings is 1. The van der Waals surface area contributed by atoms with Gasteiger partial charge in [-0.1, -0.05) is 6.07 Å². The number of esters is 2. The van der Waals surface area contributed by atoms with Gasteiger partial charge in [-0.05, 0) is 85.6 Å². The molecule has 0 heterocycles. The zero-order valence-electron chi connectivity index (χ0n) is 21.0. The molecule has 0 aliphatic carbocycles. The van der Waals surface area contributed by atoms with Crippen LogP contribution in [0.15, 0.2) is 30.0 Å². The summed E-state index contributed by atoms with van der Waals surface area (Å²) in [7, 11) is 0. The number of ketones is 1. The third-order valence-corrected chi connectivity index (χ3v) is 4.18. The molecule has 0 aliphatic rings. The van der Waals surface area contributed by atoms with Crippen LogP contribution in [0.5, 0.6) is 11.5 Å². The van der Waals surface area contributed by atoms with E-state index < -0.39 is 34.8 Å². The molecule has 0 amide bonds. The Kier molecular flexibility index (Phi) is 12.2. The molecule has 0 aromatic heterocycles. The Morgan fingerprint density at radius 3 is 1.85 bits per heavy atom. The van der Waals surface area contributed by atoms with E-state index in [9.17, 15) is 24.3 Å². The Labute approximate surface area is 237 Å². The summed E-state index contributed by atoms with van der Waals surface area (Å²) < 4.78 is 10.9. The third-order valence-electron chi connectivity index (χ3n) is 4.18. The van der Waals surface area contributed by atoms with E-state index in [2.05, 4.69) is 5.32 Å². The number of hydrogen-bond acceptors (Lipinski definition) is 8. The molecule has 0 aliphatic heterocycles. The minimum atomic E-state index is -1.36. The molecule has 1 N–H and O–H groups in total. The van der Waals surface area contributed by atoms with Crippen LogP contribution in [0.1, 0.15) is 61.0 Å². The maximum Gasteiger partial charge on any atom is 1.00 e. The van der Waals surface area contributed by atoms with Crippen molar-refractivity contribution in [3.63, 3.8) is 0 Å². The first-order valence-corrected chi connectivity index (χ1v) is 10.2. The molecular formula is C24H32KNO7. The van der Waals surface area contributed by atoms with Gasteiger partial charge in [-0.3, -0.25) is 14.4 Å². The number of allylic oxidation sites excluding steroid dienone is 2. The van der Waals surface area contributed by atoms with Gasteiger partial charge in [0.2, 0.25) is 0 Å². The van der Waals surface area contributed by atoms with Crippen molar-refractivity contribution >= 4 is 23.7 Å². The van der Waals surface area contributed by atoms with Gasteiger partial charge in [-0.25, -0.2) is 0 Å². The summed E-state index contributed by atoms with van der Waals surface area (Å²) >= 11 is 0. The molecule has 0 unspecified atom stereocenters. The van der Waals surface area contributed by atoms with Crippen LogP contribution in [0.3, 0.4) is 0 Å². The monoisotopic (exact) mass is 485 g/mol. The van der Waals surface area contributed by atoms with Crippen molar-refractivity contribution in [3.8, 4) is 11.5 Å². The summed E-state index contributed by atoms with van der Waals surface area (Å²) in [5.41, 5.74) is -0.726. The molecule has 0 spiro atoms. The first-order chi connectivity index (χ1) is 14.5. The summed E-state index contributed by atoms with van der Waals surface area (Å²) in [6.07, 6.45) is 1.25. The summed E-state index contributed by atoms with van der Waals surface area (Å²) in [6, 6.07) is 3.34. The smallest absolute Gasteiger partial charge is 0.548 e. The Bertz CT molecular complexity index is 924. The van der Waals surface area contributed by atoms with Crippen LogP contribution in [0, 0.1) is 10.8 Å². The van der Waals surface area contributed by atoms with E-state index in [1.54, 1.807) is 54.5 Å². The zero-order valence-corrected chi connectivity index (χ0v) is 24.1. The summed E-state index contributed by atoms with van der Waals surface area (Å²) in [4.78, 5) is 47.6. The second-order valence-electron chi connectivity index (χ2n) is 9.72. The van der Waals surface area contributed by atoms with Crippen molar-refractivity contribution in [2.75, 3.05) is 0 Å². The van der Waals surface area contributed by atoms with Crippen molar-refractivity contribution in [1.29, 1.82) is 0 Å². The molecule has 8 nitrogen and oxygen atoms in total. The number of rotatable bonds is 8. The topological polar surface area (TPSA) is 122 Å². The number of carbonyl (C=O) groups is 4.